The summed E-state index contributed by atoms with van der Waals surface area (Å²) in [5, 5.41) is 1.97. The summed E-state index contributed by atoms with van der Waals surface area (Å²) in [5.74, 6) is -0.117. The van der Waals surface area contributed by atoms with Gasteiger partial charge in [0.25, 0.3) is 0 Å². The predicted octanol–water partition coefficient (Wildman–Crippen LogP) is 3.55. The van der Waals surface area contributed by atoms with E-state index in [-0.39, 0.29) is 29.7 Å². The number of piperidine rings is 1. The second-order valence-corrected chi connectivity index (χ2v) is 9.18. The van der Waals surface area contributed by atoms with Gasteiger partial charge in [-0.05, 0) is 61.4 Å². The minimum atomic E-state index is -0.336. The zero-order chi connectivity index (χ0) is 21.1. The van der Waals surface area contributed by atoms with Crippen molar-refractivity contribution in [1.29, 1.82) is 0 Å². The monoisotopic (exact) mass is 429 g/mol. The van der Waals surface area contributed by atoms with Gasteiger partial charge in [0, 0.05) is 43.3 Å². The van der Waals surface area contributed by atoms with Gasteiger partial charge in [0.05, 0.1) is 6.42 Å². The minimum absolute atomic E-state index is 0.0489. The van der Waals surface area contributed by atoms with Crippen LogP contribution in [0.3, 0.4) is 0 Å². The Kier molecular flexibility index (Phi) is 6.37. The van der Waals surface area contributed by atoms with Crippen LogP contribution in [0.25, 0.3) is 0 Å². The maximum Gasteiger partial charge on any atom is 0.245 e. The molecule has 0 bridgehead atoms. The standard InChI is InChI=1S/C23H28FN3O2S/c1-25(18-10-13-26(14-11-18)19-8-6-17(24)7-9-19)23(29)21-5-2-12-27(21)22(28)16-20-4-3-15-30-20/h3-4,6-9,15,18,21H,2,5,10-14,16H2,1H3. The van der Waals surface area contributed by atoms with Crippen LogP contribution in [0.1, 0.15) is 30.6 Å². The fourth-order valence-corrected chi connectivity index (χ4v) is 5.26. The smallest absolute Gasteiger partial charge is 0.245 e. The fraction of sp³-hybridized carbons (Fsp3) is 0.478. The summed E-state index contributed by atoms with van der Waals surface area (Å²) in [7, 11) is 1.88. The topological polar surface area (TPSA) is 43.9 Å². The molecule has 5 nitrogen and oxygen atoms in total. The Morgan fingerprint density at radius 3 is 2.50 bits per heavy atom. The molecule has 0 radical (unpaired) electrons. The Morgan fingerprint density at radius 2 is 1.83 bits per heavy atom. The van der Waals surface area contributed by atoms with Crippen molar-refractivity contribution in [2.45, 2.75) is 44.2 Å². The lowest BCUT2D eigenvalue weighted by Gasteiger charge is -2.39. The summed E-state index contributed by atoms with van der Waals surface area (Å²) < 4.78 is 13.2. The Hall–Kier alpha value is -2.41. The highest BCUT2D eigenvalue weighted by atomic mass is 32.1. The number of nitrogens with zero attached hydrogens (tertiary/aromatic N) is 3. The van der Waals surface area contributed by atoms with E-state index in [0.29, 0.717) is 13.0 Å². The molecule has 2 saturated heterocycles. The fourth-order valence-electron chi connectivity index (χ4n) is 4.56. The van der Waals surface area contributed by atoms with E-state index in [1.165, 1.54) is 12.1 Å². The van der Waals surface area contributed by atoms with Crippen molar-refractivity contribution in [2.75, 3.05) is 31.6 Å². The van der Waals surface area contributed by atoms with E-state index in [0.717, 1.165) is 49.3 Å². The van der Waals surface area contributed by atoms with Gasteiger partial charge in [-0.25, -0.2) is 4.39 Å². The molecule has 1 aromatic heterocycles. The summed E-state index contributed by atoms with van der Waals surface area (Å²) in [4.78, 5) is 32.9. The van der Waals surface area contributed by atoms with Crippen LogP contribution < -0.4 is 4.90 Å². The Labute approximate surface area is 181 Å². The molecule has 0 N–H and O–H groups in total. The molecule has 160 valence electrons. The van der Waals surface area contributed by atoms with E-state index in [1.54, 1.807) is 28.4 Å². The number of thiophene rings is 1. The second-order valence-electron chi connectivity index (χ2n) is 8.15. The first-order valence-electron chi connectivity index (χ1n) is 10.6. The maximum atomic E-state index is 13.2. The molecule has 30 heavy (non-hydrogen) atoms. The Morgan fingerprint density at radius 1 is 1.10 bits per heavy atom. The number of benzene rings is 1. The van der Waals surface area contributed by atoms with E-state index < -0.39 is 0 Å². The number of amides is 2. The molecule has 7 heteroatoms. The van der Waals surface area contributed by atoms with E-state index in [2.05, 4.69) is 4.90 Å². The number of carbonyl (C=O) groups excluding carboxylic acids is 2. The quantitative estimate of drug-likeness (QED) is 0.730. The van der Waals surface area contributed by atoms with Gasteiger partial charge in [-0.3, -0.25) is 9.59 Å². The third kappa shape index (κ3) is 4.51. The lowest BCUT2D eigenvalue weighted by atomic mass is 10.0. The highest BCUT2D eigenvalue weighted by molar-refractivity contribution is 7.10. The Bertz CT molecular complexity index is 863. The molecule has 1 aromatic carbocycles. The molecule has 1 unspecified atom stereocenters. The van der Waals surface area contributed by atoms with Crippen molar-refractivity contribution in [3.05, 3.63) is 52.5 Å². The van der Waals surface area contributed by atoms with Gasteiger partial charge in [0.1, 0.15) is 11.9 Å². The highest BCUT2D eigenvalue weighted by Crippen LogP contribution is 2.26. The van der Waals surface area contributed by atoms with Crippen molar-refractivity contribution in [3.63, 3.8) is 0 Å². The normalized spacial score (nSPS) is 19.9. The van der Waals surface area contributed by atoms with E-state index >= 15 is 0 Å². The van der Waals surface area contributed by atoms with Gasteiger partial charge >= 0.3 is 0 Å². The number of halogens is 1. The molecule has 2 fully saturated rings. The van der Waals surface area contributed by atoms with Crippen LogP contribution >= 0.6 is 11.3 Å². The average Bonchev–Trinajstić information content (AvgIpc) is 3.45. The summed E-state index contributed by atoms with van der Waals surface area (Å²) in [5.41, 5.74) is 1.02. The van der Waals surface area contributed by atoms with Crippen LogP contribution in [0.2, 0.25) is 0 Å². The van der Waals surface area contributed by atoms with Gasteiger partial charge in [-0.1, -0.05) is 6.07 Å². The lowest BCUT2D eigenvalue weighted by Crippen LogP contribution is -2.52. The molecule has 3 heterocycles. The van der Waals surface area contributed by atoms with E-state index in [9.17, 15) is 14.0 Å². The summed E-state index contributed by atoms with van der Waals surface area (Å²) in [6.45, 7) is 2.33. The number of likely N-dealkylation sites (tertiary alicyclic amines) is 1. The van der Waals surface area contributed by atoms with Gasteiger partial charge in [0.15, 0.2) is 0 Å². The van der Waals surface area contributed by atoms with E-state index in [1.807, 2.05) is 29.5 Å². The first kappa shape index (κ1) is 20.8. The molecular formula is C23H28FN3O2S. The number of hydrogen-bond acceptors (Lipinski definition) is 4. The van der Waals surface area contributed by atoms with Crippen LogP contribution in [-0.4, -0.2) is 60.4 Å². The third-order valence-corrected chi connectivity index (χ3v) is 7.19. The molecule has 2 aliphatic rings. The maximum absolute atomic E-state index is 13.2. The molecule has 0 spiro atoms. The van der Waals surface area contributed by atoms with Gasteiger partial charge in [0.2, 0.25) is 11.8 Å². The zero-order valence-corrected chi connectivity index (χ0v) is 18.1. The molecule has 2 aromatic rings. The van der Waals surface area contributed by atoms with Crippen LogP contribution in [0.4, 0.5) is 10.1 Å². The summed E-state index contributed by atoms with van der Waals surface area (Å²) >= 11 is 1.58. The van der Waals surface area contributed by atoms with Crippen LogP contribution in [0.15, 0.2) is 41.8 Å². The SMILES string of the molecule is CN(C(=O)C1CCCN1C(=O)Cc1cccs1)C1CCN(c2ccc(F)cc2)CC1. The van der Waals surface area contributed by atoms with Crippen LogP contribution in [0.5, 0.6) is 0 Å². The van der Waals surface area contributed by atoms with Gasteiger partial charge < -0.3 is 14.7 Å². The molecular weight excluding hydrogens is 401 g/mol. The van der Waals surface area contributed by atoms with Crippen LogP contribution in [0, 0.1) is 5.82 Å². The minimum Gasteiger partial charge on any atom is -0.371 e. The summed E-state index contributed by atoms with van der Waals surface area (Å²) in [6, 6.07) is 10.3. The first-order valence-corrected chi connectivity index (χ1v) is 11.5. The first-order chi connectivity index (χ1) is 14.5. The highest BCUT2D eigenvalue weighted by Gasteiger charge is 2.37. The molecule has 2 amide bonds. The zero-order valence-electron chi connectivity index (χ0n) is 17.3. The lowest BCUT2D eigenvalue weighted by molar-refractivity contribution is -0.144. The largest absolute Gasteiger partial charge is 0.371 e. The predicted molar refractivity (Wildman–Crippen MR) is 117 cm³/mol. The van der Waals surface area contributed by atoms with Crippen molar-refractivity contribution >= 4 is 28.8 Å². The number of anilines is 1. The number of rotatable bonds is 5. The number of carbonyl (C=O) groups is 2. The number of likely N-dealkylation sites (N-methyl/N-ethyl adjacent to an activating group) is 1. The van der Waals surface area contributed by atoms with Crippen molar-refractivity contribution < 1.29 is 14.0 Å². The Balaban J connectivity index is 1.33. The summed E-state index contributed by atoms with van der Waals surface area (Å²) in [6.07, 6.45) is 3.74. The van der Waals surface area contributed by atoms with Crippen molar-refractivity contribution in [2.24, 2.45) is 0 Å². The van der Waals surface area contributed by atoms with Crippen molar-refractivity contribution in [3.8, 4) is 0 Å². The molecule has 2 aliphatic heterocycles. The number of hydrogen-bond donors (Lipinski definition) is 0. The molecule has 0 saturated carbocycles. The van der Waals surface area contributed by atoms with Gasteiger partial charge in [-0.2, -0.15) is 0 Å². The molecule has 1 atom stereocenters. The van der Waals surface area contributed by atoms with E-state index in [4.69, 9.17) is 0 Å². The van der Waals surface area contributed by atoms with Gasteiger partial charge in [-0.15, -0.1) is 11.3 Å². The average molecular weight is 430 g/mol. The van der Waals surface area contributed by atoms with Crippen molar-refractivity contribution in [1.82, 2.24) is 9.80 Å². The van der Waals surface area contributed by atoms with Crippen LogP contribution in [-0.2, 0) is 16.0 Å². The second kappa shape index (κ2) is 9.16. The third-order valence-electron chi connectivity index (χ3n) is 6.32. The molecule has 4 rings (SSSR count). The molecule has 0 aliphatic carbocycles.